The Morgan fingerprint density at radius 2 is 1.70 bits per heavy atom. The number of rotatable bonds is 12. The van der Waals surface area contributed by atoms with Gasteiger partial charge in [-0.15, -0.1) is 0 Å². The lowest BCUT2D eigenvalue weighted by atomic mass is 9.89. The normalized spacial score (nSPS) is 15.7. The number of nitrogens with two attached hydrogens (primary N) is 1. The summed E-state index contributed by atoms with van der Waals surface area (Å²) in [5.74, 6) is -4.66. The largest absolute Gasteiger partial charge is 0.452 e. The molecule has 2 atom stereocenters. The van der Waals surface area contributed by atoms with Crippen LogP contribution in [0.5, 0.6) is 0 Å². The Kier molecular flexibility index (Phi) is 12.8. The van der Waals surface area contributed by atoms with Gasteiger partial charge in [0.25, 0.3) is 5.78 Å². The number of carbonyl (C=O) groups excluding carboxylic acids is 3. The van der Waals surface area contributed by atoms with E-state index in [-0.39, 0.29) is 11.7 Å². The Hall–Kier alpha value is -4.28. The van der Waals surface area contributed by atoms with E-state index >= 15 is 0 Å². The van der Waals surface area contributed by atoms with Gasteiger partial charge in [-0.25, -0.2) is 13.1 Å². The van der Waals surface area contributed by atoms with Gasteiger partial charge >= 0.3 is 6.18 Å². The quantitative estimate of drug-likeness (QED) is 0.126. The molecule has 0 saturated carbocycles. The van der Waals surface area contributed by atoms with Gasteiger partial charge in [-0.2, -0.15) is 13.2 Å². The molecule has 3 aromatic rings. The van der Waals surface area contributed by atoms with Crippen LogP contribution in [-0.2, 0) is 36.6 Å². The summed E-state index contributed by atoms with van der Waals surface area (Å²) in [6, 6.07) is 12.1. The number of halogens is 3. The van der Waals surface area contributed by atoms with Crippen molar-refractivity contribution in [2.45, 2.75) is 43.3 Å². The number of aromatic nitrogens is 1. The van der Waals surface area contributed by atoms with Gasteiger partial charge in [-0.1, -0.05) is 48.5 Å². The highest BCUT2D eigenvalue weighted by Gasteiger charge is 2.44. The molecule has 2 aromatic carbocycles. The number of para-hydroxylation sites is 1. The molecule has 0 radical (unpaired) electrons. The summed E-state index contributed by atoms with van der Waals surface area (Å²) >= 11 is 0. The predicted octanol–water partition coefficient (Wildman–Crippen LogP) is 1.82. The standard InChI is InChI=1S/C29H34F3N5O5S.CH4N2/c1-37-13-11-20(12-14-37)26(36-43(41,42)18-19-7-3-2-4-8-19)28(40)34-17-25(38)35-24(27(39)29(30,31)32)15-21-16-33-23-10-6-5-9-22(21)23;2-1-3/h2-10,16,20,24,26,33,36H,11-15,17-18H2,1H3,(H,34,40)(H,35,38);1H,(H3,2,3). The van der Waals surface area contributed by atoms with E-state index in [4.69, 9.17) is 5.41 Å². The molecule has 250 valence electrons. The fourth-order valence-corrected chi connectivity index (χ4v) is 6.61. The number of carbonyl (C=O) groups is 3. The van der Waals surface area contributed by atoms with Crippen LogP contribution in [0, 0.1) is 11.3 Å². The number of H-pyrrole nitrogens is 1. The second-order valence-electron chi connectivity index (χ2n) is 10.9. The van der Waals surface area contributed by atoms with Crippen molar-refractivity contribution in [3.63, 3.8) is 0 Å². The van der Waals surface area contributed by atoms with E-state index in [1.807, 2.05) is 11.9 Å². The van der Waals surface area contributed by atoms with E-state index in [0.29, 0.717) is 48.0 Å². The first-order valence-corrected chi connectivity index (χ1v) is 16.1. The van der Waals surface area contributed by atoms with E-state index in [9.17, 15) is 36.0 Å². The molecule has 46 heavy (non-hydrogen) atoms. The van der Waals surface area contributed by atoms with Crippen LogP contribution in [0.4, 0.5) is 13.2 Å². The molecule has 16 heteroatoms. The minimum absolute atomic E-state index is 0.361. The van der Waals surface area contributed by atoms with Crippen molar-refractivity contribution in [2.75, 3.05) is 26.7 Å². The highest BCUT2D eigenvalue weighted by Crippen LogP contribution is 2.24. The van der Waals surface area contributed by atoms with Crippen LogP contribution in [0.2, 0.25) is 0 Å². The number of likely N-dealkylation sites (tertiary alicyclic amines) is 1. The molecule has 7 N–H and O–H groups in total. The average Bonchev–Trinajstić information content (AvgIpc) is 3.41. The van der Waals surface area contributed by atoms with Gasteiger partial charge < -0.3 is 26.3 Å². The summed E-state index contributed by atoms with van der Waals surface area (Å²) < 4.78 is 68.7. The fraction of sp³-hybridized carbons (Fsp3) is 0.400. The molecule has 2 unspecified atom stereocenters. The van der Waals surface area contributed by atoms with Gasteiger partial charge in [0.05, 0.1) is 18.6 Å². The van der Waals surface area contributed by atoms with Crippen molar-refractivity contribution in [3.05, 3.63) is 71.9 Å². The average molecular weight is 666 g/mol. The molecule has 2 heterocycles. The molecular weight excluding hydrogens is 627 g/mol. The lowest BCUT2D eigenvalue weighted by Crippen LogP contribution is -2.55. The van der Waals surface area contributed by atoms with E-state index in [1.54, 1.807) is 54.6 Å². The van der Waals surface area contributed by atoms with Crippen LogP contribution >= 0.6 is 0 Å². The van der Waals surface area contributed by atoms with Crippen LogP contribution in [0.25, 0.3) is 10.9 Å². The van der Waals surface area contributed by atoms with Crippen LogP contribution in [0.15, 0.2) is 60.8 Å². The first-order chi connectivity index (χ1) is 21.7. The van der Waals surface area contributed by atoms with E-state index in [0.717, 1.165) is 6.34 Å². The molecule has 1 aliphatic rings. The zero-order valence-electron chi connectivity index (χ0n) is 25.1. The maximum atomic E-state index is 13.4. The van der Waals surface area contributed by atoms with Crippen molar-refractivity contribution in [1.82, 2.24) is 25.2 Å². The molecule has 1 aliphatic heterocycles. The van der Waals surface area contributed by atoms with Gasteiger partial charge in [0, 0.05) is 23.5 Å². The molecule has 0 spiro atoms. The first kappa shape index (κ1) is 36.2. The fourth-order valence-electron chi connectivity index (χ4n) is 5.20. The van der Waals surface area contributed by atoms with Crippen molar-refractivity contribution in [1.29, 1.82) is 5.41 Å². The number of Topliss-reactive ketones (excluding diaryl/α,β-unsaturated/α-hetero) is 1. The molecule has 1 saturated heterocycles. The lowest BCUT2D eigenvalue weighted by molar-refractivity contribution is -0.173. The number of benzene rings is 2. The van der Waals surface area contributed by atoms with E-state index in [2.05, 4.69) is 26.1 Å². The first-order valence-electron chi connectivity index (χ1n) is 14.4. The summed E-state index contributed by atoms with van der Waals surface area (Å²) in [4.78, 5) is 43.2. The van der Waals surface area contributed by atoms with Gasteiger partial charge in [0.1, 0.15) is 12.1 Å². The SMILES string of the molecule is CN1CCC(C(NS(=O)(=O)Cc2ccccc2)C(=O)NCC(=O)NC(Cc2c[nH]c3ccccc23)C(=O)C(F)(F)F)CC1.N=CN. The van der Waals surface area contributed by atoms with Crippen LogP contribution < -0.4 is 21.1 Å². The van der Waals surface area contributed by atoms with Gasteiger partial charge in [0.15, 0.2) is 0 Å². The monoisotopic (exact) mass is 665 g/mol. The summed E-state index contributed by atoms with van der Waals surface area (Å²) in [6.45, 7) is 0.507. The number of ketones is 1. The topological polar surface area (TPSA) is 190 Å². The molecule has 12 nitrogen and oxygen atoms in total. The lowest BCUT2D eigenvalue weighted by Gasteiger charge is -2.33. The number of piperidine rings is 1. The Morgan fingerprint density at radius 3 is 2.33 bits per heavy atom. The van der Waals surface area contributed by atoms with Crippen LogP contribution in [0.1, 0.15) is 24.0 Å². The Balaban J connectivity index is 0.00000185. The van der Waals surface area contributed by atoms with Crippen molar-refractivity contribution in [2.24, 2.45) is 11.7 Å². The van der Waals surface area contributed by atoms with Crippen molar-refractivity contribution in [3.8, 4) is 0 Å². The minimum Gasteiger partial charge on any atom is -0.390 e. The smallest absolute Gasteiger partial charge is 0.390 e. The number of nitrogens with zero attached hydrogens (tertiary/aromatic N) is 1. The number of fused-ring (bicyclic) bond motifs is 1. The second kappa shape index (κ2) is 16.3. The third-order valence-electron chi connectivity index (χ3n) is 7.48. The number of sulfonamides is 1. The van der Waals surface area contributed by atoms with Gasteiger partial charge in [-0.3, -0.25) is 19.8 Å². The maximum Gasteiger partial charge on any atom is 0.452 e. The number of hydrogen-bond donors (Lipinski definition) is 6. The van der Waals surface area contributed by atoms with Crippen molar-refractivity contribution < 1.29 is 36.0 Å². The van der Waals surface area contributed by atoms with Gasteiger partial charge in [-0.05, 0) is 56.1 Å². The number of amides is 2. The molecule has 1 fully saturated rings. The molecule has 0 aliphatic carbocycles. The minimum atomic E-state index is -5.20. The van der Waals surface area contributed by atoms with Crippen molar-refractivity contribution >= 4 is 44.9 Å². The van der Waals surface area contributed by atoms with Crippen LogP contribution in [-0.4, -0.2) is 87.2 Å². The summed E-state index contributed by atoms with van der Waals surface area (Å²) in [7, 11) is -2.06. The molecule has 1 aromatic heterocycles. The number of nitrogens with one attached hydrogen (secondary N) is 5. The summed E-state index contributed by atoms with van der Waals surface area (Å²) in [5.41, 5.74) is 5.97. The molecule has 2 amide bonds. The van der Waals surface area contributed by atoms with Gasteiger partial charge in [0.2, 0.25) is 21.8 Å². The number of alkyl halides is 3. The molecular formula is C30H38F3N7O5S. The zero-order chi connectivity index (χ0) is 33.9. The number of hydrogen-bond acceptors (Lipinski definition) is 7. The Labute approximate surface area is 264 Å². The highest BCUT2D eigenvalue weighted by molar-refractivity contribution is 7.88. The number of aromatic amines is 1. The summed E-state index contributed by atoms with van der Waals surface area (Å²) in [5, 5.41) is 10.9. The second-order valence-corrected chi connectivity index (χ2v) is 12.7. The molecule has 0 bridgehead atoms. The Bertz CT molecular complexity index is 1590. The van der Waals surface area contributed by atoms with E-state index in [1.165, 1.54) is 6.20 Å². The molecule has 4 rings (SSSR count). The maximum absolute atomic E-state index is 13.4. The van der Waals surface area contributed by atoms with E-state index < -0.39 is 58.8 Å². The summed E-state index contributed by atoms with van der Waals surface area (Å²) in [6.07, 6.45) is -2.38. The predicted molar refractivity (Wildman–Crippen MR) is 167 cm³/mol. The van der Waals surface area contributed by atoms with Crippen LogP contribution in [0.3, 0.4) is 0 Å². The Morgan fingerprint density at radius 1 is 1.09 bits per heavy atom. The third kappa shape index (κ3) is 10.7. The zero-order valence-corrected chi connectivity index (χ0v) is 26.0. The third-order valence-corrected chi connectivity index (χ3v) is 8.80. The highest BCUT2D eigenvalue weighted by atomic mass is 32.2.